The molecule has 0 spiro atoms. The maximum absolute atomic E-state index is 11.5. The zero-order chi connectivity index (χ0) is 13.2. The van der Waals surface area contributed by atoms with Crippen LogP contribution < -0.4 is 0 Å². The summed E-state index contributed by atoms with van der Waals surface area (Å²) in [4.78, 5) is 2.20. The number of nitrogens with zero attached hydrogens (tertiary/aromatic N) is 1. The summed E-state index contributed by atoms with van der Waals surface area (Å²) in [6.07, 6.45) is 0.737. The van der Waals surface area contributed by atoms with Crippen molar-refractivity contribution in [1.29, 1.82) is 0 Å². The maximum atomic E-state index is 11.5. The van der Waals surface area contributed by atoms with E-state index in [2.05, 4.69) is 11.8 Å². The normalized spacial score (nSPS) is 22.5. The van der Waals surface area contributed by atoms with Gasteiger partial charge in [0.15, 0.2) is 9.84 Å². The van der Waals surface area contributed by atoms with Crippen molar-refractivity contribution in [2.24, 2.45) is 0 Å². The largest absolute Gasteiger partial charge is 0.295 e. The second-order valence-corrected chi connectivity index (χ2v) is 7.35. The molecule has 100 valence electrons. The minimum Gasteiger partial charge on any atom is -0.295 e. The van der Waals surface area contributed by atoms with E-state index in [9.17, 15) is 8.42 Å². The van der Waals surface area contributed by atoms with Crippen molar-refractivity contribution in [2.75, 3.05) is 18.1 Å². The van der Waals surface area contributed by atoms with Gasteiger partial charge in [0.05, 0.1) is 11.5 Å². The van der Waals surface area contributed by atoms with Crippen molar-refractivity contribution in [1.82, 2.24) is 4.90 Å². The van der Waals surface area contributed by atoms with E-state index in [0.717, 1.165) is 30.1 Å². The highest BCUT2D eigenvalue weighted by atomic mass is 35.5. The maximum Gasteiger partial charge on any atom is 0.151 e. The van der Waals surface area contributed by atoms with Gasteiger partial charge in [-0.25, -0.2) is 8.42 Å². The van der Waals surface area contributed by atoms with E-state index in [0.29, 0.717) is 5.75 Å². The van der Waals surface area contributed by atoms with Gasteiger partial charge >= 0.3 is 0 Å². The summed E-state index contributed by atoms with van der Waals surface area (Å²) >= 11 is 6.14. The van der Waals surface area contributed by atoms with Crippen molar-refractivity contribution >= 4 is 21.4 Å². The lowest BCUT2D eigenvalue weighted by Crippen LogP contribution is -2.35. The Morgan fingerprint density at radius 1 is 1.39 bits per heavy atom. The molecule has 1 aliphatic rings. The van der Waals surface area contributed by atoms with Gasteiger partial charge in [0.2, 0.25) is 0 Å². The average Bonchev–Trinajstić information content (AvgIpc) is 2.68. The molecule has 5 heteroatoms. The van der Waals surface area contributed by atoms with Crippen molar-refractivity contribution in [3.8, 4) is 0 Å². The fourth-order valence-corrected chi connectivity index (χ4v) is 4.36. The Balaban J connectivity index is 2.09. The van der Waals surface area contributed by atoms with Crippen LogP contribution in [0.25, 0.3) is 0 Å². The average molecular weight is 288 g/mol. The van der Waals surface area contributed by atoms with E-state index in [1.807, 2.05) is 24.3 Å². The molecule has 0 bridgehead atoms. The molecule has 1 aromatic carbocycles. The van der Waals surface area contributed by atoms with Gasteiger partial charge in [-0.15, -0.1) is 0 Å². The van der Waals surface area contributed by atoms with Crippen LogP contribution in [0.15, 0.2) is 24.3 Å². The van der Waals surface area contributed by atoms with Crippen molar-refractivity contribution in [3.63, 3.8) is 0 Å². The van der Waals surface area contributed by atoms with Crippen molar-refractivity contribution in [2.45, 2.75) is 25.9 Å². The van der Waals surface area contributed by atoms with Gasteiger partial charge in [-0.3, -0.25) is 4.90 Å². The van der Waals surface area contributed by atoms with Gasteiger partial charge in [0.1, 0.15) is 0 Å². The molecule has 0 N–H and O–H groups in total. The second-order valence-electron chi connectivity index (χ2n) is 4.71. The molecule has 1 aromatic rings. The monoisotopic (exact) mass is 287 g/mol. The number of rotatable bonds is 4. The summed E-state index contributed by atoms with van der Waals surface area (Å²) in [6, 6.07) is 7.86. The van der Waals surface area contributed by atoms with E-state index in [1.54, 1.807) is 0 Å². The first-order valence-corrected chi connectivity index (χ1v) is 8.39. The van der Waals surface area contributed by atoms with Crippen molar-refractivity contribution < 1.29 is 8.42 Å². The van der Waals surface area contributed by atoms with Gasteiger partial charge in [-0.05, 0) is 24.6 Å². The second kappa shape index (κ2) is 5.59. The molecule has 0 amide bonds. The standard InChI is InChI=1S/C13H18ClNO2S/c1-2-15(12-7-8-18(16,17)10-12)9-11-5-3-4-6-13(11)14/h3-6,12H,2,7-10H2,1H3/t12-/m0/s1. The Hall–Kier alpha value is -0.580. The van der Waals surface area contributed by atoms with Crippen LogP contribution in [-0.4, -0.2) is 37.4 Å². The lowest BCUT2D eigenvalue weighted by molar-refractivity contribution is 0.215. The first-order valence-electron chi connectivity index (χ1n) is 6.19. The molecule has 18 heavy (non-hydrogen) atoms. The minimum atomic E-state index is -2.83. The quantitative estimate of drug-likeness (QED) is 0.853. The predicted octanol–water partition coefficient (Wildman–Crippen LogP) is 2.35. The first kappa shape index (κ1) is 13.8. The van der Waals surface area contributed by atoms with Gasteiger partial charge < -0.3 is 0 Å². The Morgan fingerprint density at radius 2 is 2.11 bits per heavy atom. The van der Waals surface area contributed by atoms with Crippen LogP contribution in [0.5, 0.6) is 0 Å². The molecule has 1 atom stereocenters. The predicted molar refractivity (Wildman–Crippen MR) is 74.6 cm³/mol. The fraction of sp³-hybridized carbons (Fsp3) is 0.538. The first-order chi connectivity index (χ1) is 8.52. The zero-order valence-corrected chi connectivity index (χ0v) is 12.0. The van der Waals surface area contributed by atoms with Crippen LogP contribution in [-0.2, 0) is 16.4 Å². The zero-order valence-electron chi connectivity index (χ0n) is 10.5. The third-order valence-corrected chi connectivity index (χ3v) is 5.58. The summed E-state index contributed by atoms with van der Waals surface area (Å²) < 4.78 is 23.1. The van der Waals surface area contributed by atoms with Gasteiger partial charge in [-0.1, -0.05) is 36.7 Å². The van der Waals surface area contributed by atoms with Crippen LogP contribution >= 0.6 is 11.6 Å². The Labute approximate surface area is 114 Å². The summed E-state index contributed by atoms with van der Waals surface area (Å²) in [6.45, 7) is 3.61. The molecule has 0 unspecified atom stereocenters. The minimum absolute atomic E-state index is 0.135. The molecule has 0 saturated carbocycles. The molecule has 0 aromatic heterocycles. The van der Waals surface area contributed by atoms with E-state index >= 15 is 0 Å². The van der Waals surface area contributed by atoms with Crippen molar-refractivity contribution in [3.05, 3.63) is 34.9 Å². The van der Waals surface area contributed by atoms with Crippen LogP contribution in [0.2, 0.25) is 5.02 Å². The summed E-state index contributed by atoms with van der Waals surface area (Å²) in [5.41, 5.74) is 1.06. The van der Waals surface area contributed by atoms with Gasteiger partial charge in [0.25, 0.3) is 0 Å². The third kappa shape index (κ3) is 3.25. The highest BCUT2D eigenvalue weighted by Crippen LogP contribution is 2.22. The molecule has 0 aliphatic carbocycles. The summed E-state index contributed by atoms with van der Waals surface area (Å²) in [5, 5.41) is 0.747. The number of sulfone groups is 1. The van der Waals surface area contributed by atoms with E-state index in [1.165, 1.54) is 0 Å². The lowest BCUT2D eigenvalue weighted by atomic mass is 10.1. The van der Waals surface area contributed by atoms with Crippen LogP contribution in [0.1, 0.15) is 18.9 Å². The lowest BCUT2D eigenvalue weighted by Gasteiger charge is -2.26. The van der Waals surface area contributed by atoms with E-state index < -0.39 is 9.84 Å². The van der Waals surface area contributed by atoms with Crippen LogP contribution in [0, 0.1) is 0 Å². The Morgan fingerprint density at radius 3 is 2.67 bits per heavy atom. The smallest absolute Gasteiger partial charge is 0.151 e. The summed E-state index contributed by atoms with van der Waals surface area (Å²) in [5.74, 6) is 0.599. The Kier molecular flexibility index (Phi) is 4.30. The number of benzene rings is 1. The van der Waals surface area contributed by atoms with E-state index in [-0.39, 0.29) is 11.8 Å². The molecular weight excluding hydrogens is 270 g/mol. The van der Waals surface area contributed by atoms with Crippen LogP contribution in [0.4, 0.5) is 0 Å². The molecule has 1 heterocycles. The van der Waals surface area contributed by atoms with E-state index in [4.69, 9.17) is 11.6 Å². The van der Waals surface area contributed by atoms with Gasteiger partial charge in [0, 0.05) is 17.6 Å². The van der Waals surface area contributed by atoms with Gasteiger partial charge in [-0.2, -0.15) is 0 Å². The molecule has 1 aliphatic heterocycles. The topological polar surface area (TPSA) is 37.4 Å². The number of hydrogen-bond acceptors (Lipinski definition) is 3. The SMILES string of the molecule is CCN(Cc1ccccc1Cl)[C@H]1CCS(=O)(=O)C1. The molecular formula is C13H18ClNO2S. The Bertz CT molecular complexity index is 515. The number of hydrogen-bond donors (Lipinski definition) is 0. The molecule has 1 fully saturated rings. The molecule has 1 saturated heterocycles. The molecule has 0 radical (unpaired) electrons. The van der Waals surface area contributed by atoms with Crippen LogP contribution in [0.3, 0.4) is 0 Å². The fourth-order valence-electron chi connectivity index (χ4n) is 2.41. The highest BCUT2D eigenvalue weighted by molar-refractivity contribution is 7.91. The highest BCUT2D eigenvalue weighted by Gasteiger charge is 2.31. The molecule has 3 nitrogen and oxygen atoms in total. The number of halogens is 1. The molecule has 2 rings (SSSR count). The third-order valence-electron chi connectivity index (χ3n) is 3.46. The summed E-state index contributed by atoms with van der Waals surface area (Å²) in [7, 11) is -2.83.